The Kier molecular flexibility index (Phi) is 17.0. The molecule has 3 aliphatic rings. The summed E-state index contributed by atoms with van der Waals surface area (Å²) in [6, 6.07) is 9.03. The van der Waals surface area contributed by atoms with Crippen LogP contribution in [0.1, 0.15) is 121 Å². The lowest BCUT2D eigenvalue weighted by molar-refractivity contribution is -0.197. The molecule has 0 aromatic heterocycles. The van der Waals surface area contributed by atoms with Crippen molar-refractivity contribution in [1.29, 1.82) is 0 Å². The van der Waals surface area contributed by atoms with Crippen LogP contribution < -0.4 is 4.90 Å². The van der Waals surface area contributed by atoms with Gasteiger partial charge in [0.25, 0.3) is 42.2 Å². The number of amides is 2. The second-order valence-electron chi connectivity index (χ2n) is 17.1. The summed E-state index contributed by atoms with van der Waals surface area (Å²) in [5.74, 6) is -2.12. The van der Waals surface area contributed by atoms with Crippen LogP contribution in [0.25, 0.3) is 0 Å². The van der Waals surface area contributed by atoms with Crippen LogP contribution in [0.3, 0.4) is 0 Å². The van der Waals surface area contributed by atoms with E-state index >= 15 is 0 Å². The zero-order valence-corrected chi connectivity index (χ0v) is 39.8. The van der Waals surface area contributed by atoms with E-state index in [1.165, 1.54) is 24.3 Å². The van der Waals surface area contributed by atoms with Crippen LogP contribution in [0.4, 0.5) is 5.69 Å². The minimum Gasteiger partial charge on any atom is -0.385 e. The van der Waals surface area contributed by atoms with Crippen molar-refractivity contribution in [2.24, 2.45) is 0 Å². The average molecular weight is 961 g/mol. The molecule has 0 spiro atoms. The molecule has 16 nitrogen and oxygen atoms in total. The van der Waals surface area contributed by atoms with Crippen LogP contribution in [-0.4, -0.2) is 87.8 Å². The lowest BCUT2D eigenvalue weighted by Crippen LogP contribution is -2.32. The van der Waals surface area contributed by atoms with E-state index in [4.69, 9.17) is 9.57 Å². The third kappa shape index (κ3) is 12.7. The molecule has 2 aromatic carbocycles. The number of carbonyl (C=O) groups excluding carboxylic acids is 3. The predicted molar refractivity (Wildman–Crippen MR) is 244 cm³/mol. The van der Waals surface area contributed by atoms with Crippen molar-refractivity contribution in [3.8, 4) is 0 Å². The number of allylic oxidation sites excluding steroid dienone is 8. The first-order chi connectivity index (χ1) is 30.5. The van der Waals surface area contributed by atoms with Crippen molar-refractivity contribution in [2.75, 3.05) is 30.9 Å². The second kappa shape index (κ2) is 21.4. The molecule has 5 rings (SSSR count). The molecule has 0 radical (unpaired) electrons. The van der Waals surface area contributed by atoms with E-state index in [0.717, 1.165) is 66.5 Å². The van der Waals surface area contributed by atoms with Crippen LogP contribution >= 0.6 is 0 Å². The van der Waals surface area contributed by atoms with Crippen molar-refractivity contribution >= 4 is 53.8 Å². The number of likely N-dealkylation sites (N-methyl/N-ethyl adjacent to an activating group) is 1. The topological polar surface area (TPSA) is 239 Å². The summed E-state index contributed by atoms with van der Waals surface area (Å²) >= 11 is 0. The van der Waals surface area contributed by atoms with Crippen molar-refractivity contribution < 1.29 is 62.9 Å². The van der Waals surface area contributed by atoms with Gasteiger partial charge in [-0.3, -0.25) is 23.2 Å². The largest absolute Gasteiger partial charge is 0.385 e. The van der Waals surface area contributed by atoms with Crippen LogP contribution in [-0.2, 0) is 71.6 Å². The molecule has 0 saturated carbocycles. The molecule has 1 fully saturated rings. The zero-order chi connectivity index (χ0) is 47.8. The van der Waals surface area contributed by atoms with Gasteiger partial charge in [-0.2, -0.15) is 25.3 Å². The third-order valence-electron chi connectivity index (χ3n) is 12.6. The Morgan fingerprint density at radius 1 is 0.769 bits per heavy atom. The maximum Gasteiger partial charge on any atom is 0.333 e. The smallest absolute Gasteiger partial charge is 0.333 e. The molecular formula is C46H60N2O14S3. The fourth-order valence-corrected chi connectivity index (χ4v) is 10.8. The molecular weight excluding hydrogens is 901 g/mol. The minimum atomic E-state index is -4.55. The Labute approximate surface area is 382 Å². The number of methoxy groups -OCH3 is 1. The van der Waals surface area contributed by atoms with Crippen LogP contribution in [0.5, 0.6) is 0 Å². The summed E-state index contributed by atoms with van der Waals surface area (Å²) in [5, 5.41) is 0.562. The van der Waals surface area contributed by atoms with Crippen molar-refractivity contribution in [3.05, 3.63) is 100 Å². The molecule has 3 N–H and O–H groups in total. The number of carbonyl (C=O) groups is 3. The Morgan fingerprint density at radius 2 is 1.38 bits per heavy atom. The lowest BCUT2D eigenvalue weighted by Gasteiger charge is -2.40. The van der Waals surface area contributed by atoms with Gasteiger partial charge in [0, 0.05) is 61.7 Å². The van der Waals surface area contributed by atoms with Gasteiger partial charge in [-0.15, -0.1) is 5.06 Å². The molecule has 2 heterocycles. The number of ether oxygens (including phenoxy) is 1. The minimum absolute atomic E-state index is 0.0408. The van der Waals surface area contributed by atoms with E-state index in [2.05, 4.69) is 0 Å². The van der Waals surface area contributed by atoms with Gasteiger partial charge in [-0.1, -0.05) is 68.6 Å². The quantitative estimate of drug-likeness (QED) is 0.0423. The first kappa shape index (κ1) is 51.5. The molecule has 1 aliphatic carbocycles. The maximum atomic E-state index is 12.3. The van der Waals surface area contributed by atoms with Gasteiger partial charge in [0.05, 0.1) is 15.5 Å². The van der Waals surface area contributed by atoms with Crippen LogP contribution in [0, 0.1) is 0 Å². The molecule has 2 amide bonds. The number of hydrogen-bond donors (Lipinski definition) is 3. The molecule has 2 aliphatic heterocycles. The first-order valence-electron chi connectivity index (χ1n) is 21.8. The number of hydroxylamine groups is 2. The SMILES string of the molecule is CCN1/C(=C/C=C/C=C/C2=C(CCCCCCCCC(=O)ON3C(=O)CCC3=O)Cc3ccc(S(=O)(=O)O)cc3C2(C)CCOC)C(C)(CCCS(=O)(=O)O)c2cc(S(=O)(=O)O)ccc21. The van der Waals surface area contributed by atoms with E-state index in [9.17, 15) is 53.3 Å². The summed E-state index contributed by atoms with van der Waals surface area (Å²) in [6.45, 7) is 6.68. The van der Waals surface area contributed by atoms with Gasteiger partial charge in [-0.25, -0.2) is 4.79 Å². The Morgan fingerprint density at radius 3 is 2.00 bits per heavy atom. The van der Waals surface area contributed by atoms with E-state index in [-0.39, 0.29) is 41.9 Å². The highest BCUT2D eigenvalue weighted by Crippen LogP contribution is 2.51. The Bertz CT molecular complexity index is 2580. The van der Waals surface area contributed by atoms with Crippen LogP contribution in [0.2, 0.25) is 0 Å². The van der Waals surface area contributed by atoms with Crippen LogP contribution in [0.15, 0.2) is 93.4 Å². The fraction of sp³-hybridized carbons (Fsp3) is 0.500. The summed E-state index contributed by atoms with van der Waals surface area (Å²) in [5.41, 5.74) is 4.28. The highest BCUT2D eigenvalue weighted by atomic mass is 32.2. The Balaban J connectivity index is 1.39. The van der Waals surface area contributed by atoms with E-state index in [1.54, 1.807) is 19.2 Å². The van der Waals surface area contributed by atoms with Gasteiger partial charge < -0.3 is 14.5 Å². The van der Waals surface area contributed by atoms with Crippen molar-refractivity contribution in [2.45, 2.75) is 131 Å². The number of rotatable bonds is 23. The highest BCUT2D eigenvalue weighted by Gasteiger charge is 2.43. The monoisotopic (exact) mass is 960 g/mol. The van der Waals surface area contributed by atoms with Gasteiger partial charge >= 0.3 is 5.97 Å². The number of benzene rings is 2. The summed E-state index contributed by atoms with van der Waals surface area (Å²) in [4.78, 5) is 42.1. The maximum absolute atomic E-state index is 12.3. The number of anilines is 1. The summed E-state index contributed by atoms with van der Waals surface area (Å²) in [7, 11) is -11.7. The Hall–Kier alpha value is -4.50. The zero-order valence-electron chi connectivity index (χ0n) is 37.3. The number of imide groups is 1. The van der Waals surface area contributed by atoms with Gasteiger partial charge in [0.1, 0.15) is 0 Å². The fourth-order valence-electron chi connectivity index (χ4n) is 9.23. The molecule has 356 valence electrons. The lowest BCUT2D eigenvalue weighted by atomic mass is 9.65. The number of hydrogen-bond acceptors (Lipinski definition) is 12. The number of fused-ring (bicyclic) bond motifs is 2. The molecule has 0 bridgehead atoms. The standard InChI is InChI=1S/C46H60N2O14S3/c1-5-47-40-23-22-36(65(58,59)60)32-39(40)46(3,26-15-29-63(52,53)54)41(47)18-13-10-12-17-37-33(16-11-8-6-7-9-14-19-44(51)62-48-42(49)24-25-43(48)50)30-34-20-21-35(64(55,56)57)31-38(34)45(37,2)27-28-61-4/h10,12-13,17-18,20-23,31-32H,5-9,11,14-16,19,24-30H2,1-4H3,(H,52,53,54)(H,55,56,57)(H,58,59,60)/b13-10+,17-12+,41-18+. The first-order valence-corrected chi connectivity index (χ1v) is 26.3. The second-order valence-corrected chi connectivity index (χ2v) is 21.6. The van der Waals surface area contributed by atoms with E-state index in [0.29, 0.717) is 48.7 Å². The predicted octanol–water partition coefficient (Wildman–Crippen LogP) is 7.52. The normalized spacial score (nSPS) is 21.1. The third-order valence-corrected chi connectivity index (χ3v) is 15.1. The van der Waals surface area contributed by atoms with Crippen molar-refractivity contribution in [1.82, 2.24) is 5.06 Å². The van der Waals surface area contributed by atoms with Gasteiger partial charge in [-0.05, 0) is 117 Å². The average Bonchev–Trinajstić information content (AvgIpc) is 3.67. The molecule has 2 aromatic rings. The molecule has 19 heteroatoms. The molecule has 1 saturated heterocycles. The van der Waals surface area contributed by atoms with E-state index in [1.807, 2.05) is 56.1 Å². The summed E-state index contributed by atoms with van der Waals surface area (Å²) < 4.78 is 107. The highest BCUT2D eigenvalue weighted by molar-refractivity contribution is 7.86. The van der Waals surface area contributed by atoms with E-state index < -0.39 is 64.7 Å². The van der Waals surface area contributed by atoms with Gasteiger partial charge in [0.2, 0.25) is 0 Å². The number of unbranched alkanes of at least 4 members (excludes halogenated alkanes) is 5. The summed E-state index contributed by atoms with van der Waals surface area (Å²) in [6.07, 6.45) is 16.6. The van der Waals surface area contributed by atoms with Crippen molar-refractivity contribution in [3.63, 3.8) is 0 Å². The molecule has 2 unspecified atom stereocenters. The number of nitrogens with zero attached hydrogens (tertiary/aromatic N) is 2. The van der Waals surface area contributed by atoms with Gasteiger partial charge in [0.15, 0.2) is 0 Å². The molecule has 65 heavy (non-hydrogen) atoms. The molecule has 2 atom stereocenters.